The molecule has 0 radical (unpaired) electrons. The van der Waals surface area contributed by atoms with Gasteiger partial charge in [0.2, 0.25) is 0 Å². The van der Waals surface area contributed by atoms with Gasteiger partial charge in [-0.05, 0) is 46.8 Å². The van der Waals surface area contributed by atoms with Crippen LogP contribution in [0.4, 0.5) is 0 Å². The van der Waals surface area contributed by atoms with Crippen molar-refractivity contribution in [1.29, 1.82) is 0 Å². The molecule has 1 aromatic rings. The Balaban J connectivity index is 2.48. The van der Waals surface area contributed by atoms with Crippen molar-refractivity contribution in [2.75, 3.05) is 0 Å². The number of Topliss-reactive ketones (excluding diaryl/α,β-unsaturated/α-hetero) is 1. The van der Waals surface area contributed by atoms with Gasteiger partial charge < -0.3 is 0 Å². The van der Waals surface area contributed by atoms with Crippen LogP contribution in [0.3, 0.4) is 0 Å². The minimum absolute atomic E-state index is 0.0422. The maximum absolute atomic E-state index is 13.6. The lowest BCUT2D eigenvalue weighted by Crippen LogP contribution is -2.49. The average Bonchev–Trinajstić information content (AvgIpc) is 2.74. The molecule has 0 saturated carbocycles. The zero-order chi connectivity index (χ0) is 18.9. The standard InChI is InChI=1S/C22H34OSSi/c1-14(2)25(15(3)4,16(5)6)22-18(8)17(7)21(20(22)23)24-19-12-10-9-11-13-19/h9-17,21H,1-8H3/t17-,21+/m1/s1. The molecule has 1 aromatic carbocycles. The van der Waals surface area contributed by atoms with E-state index in [0.29, 0.717) is 28.3 Å². The quantitative estimate of drug-likeness (QED) is 0.504. The molecular weight excluding hydrogens is 340 g/mol. The van der Waals surface area contributed by atoms with Crippen molar-refractivity contribution < 1.29 is 4.79 Å². The first-order valence-electron chi connectivity index (χ1n) is 9.62. The van der Waals surface area contributed by atoms with Crippen molar-refractivity contribution in [3.63, 3.8) is 0 Å². The summed E-state index contributed by atoms with van der Waals surface area (Å²) >= 11 is 1.76. The summed E-state index contributed by atoms with van der Waals surface area (Å²) < 4.78 is 0. The van der Waals surface area contributed by atoms with Gasteiger partial charge in [0.1, 0.15) is 0 Å². The third kappa shape index (κ3) is 3.42. The van der Waals surface area contributed by atoms with E-state index < -0.39 is 8.07 Å². The Morgan fingerprint density at radius 2 is 1.40 bits per heavy atom. The van der Waals surface area contributed by atoms with Crippen molar-refractivity contribution >= 4 is 25.6 Å². The van der Waals surface area contributed by atoms with Crippen LogP contribution in [-0.2, 0) is 4.79 Å². The van der Waals surface area contributed by atoms with Gasteiger partial charge in [-0.15, -0.1) is 11.8 Å². The highest BCUT2D eigenvalue weighted by Gasteiger charge is 2.53. The van der Waals surface area contributed by atoms with Crippen LogP contribution in [0.5, 0.6) is 0 Å². The summed E-state index contributed by atoms with van der Waals surface area (Å²) in [6.07, 6.45) is 0. The summed E-state index contributed by atoms with van der Waals surface area (Å²) in [5.41, 5.74) is 3.11. The molecule has 25 heavy (non-hydrogen) atoms. The molecule has 1 nitrogen and oxygen atoms in total. The molecule has 1 aliphatic rings. The fourth-order valence-corrected chi connectivity index (χ4v) is 13.8. The highest BCUT2D eigenvalue weighted by Crippen LogP contribution is 2.53. The zero-order valence-electron chi connectivity index (χ0n) is 17.1. The third-order valence-electron chi connectivity index (χ3n) is 6.34. The van der Waals surface area contributed by atoms with E-state index in [4.69, 9.17) is 0 Å². The molecule has 0 saturated heterocycles. The number of rotatable bonds is 6. The first-order chi connectivity index (χ1) is 11.7. The number of ketones is 1. The number of carbonyl (C=O) groups is 1. The van der Waals surface area contributed by atoms with E-state index in [-0.39, 0.29) is 5.25 Å². The number of allylic oxidation sites excluding steroid dienone is 2. The maximum atomic E-state index is 13.6. The molecule has 0 bridgehead atoms. The molecular formula is C22H34OSSi. The zero-order valence-corrected chi connectivity index (χ0v) is 18.9. The Kier molecular flexibility index (Phi) is 6.43. The minimum atomic E-state index is -1.90. The summed E-state index contributed by atoms with van der Waals surface area (Å²) in [5.74, 6) is 0.762. The van der Waals surface area contributed by atoms with E-state index in [9.17, 15) is 4.79 Å². The van der Waals surface area contributed by atoms with Gasteiger partial charge in [-0.3, -0.25) is 4.79 Å². The van der Waals surface area contributed by atoms with Crippen molar-refractivity contribution in [2.45, 2.75) is 82.2 Å². The topological polar surface area (TPSA) is 17.1 Å². The maximum Gasteiger partial charge on any atom is 0.168 e. The summed E-state index contributed by atoms with van der Waals surface area (Å²) in [5, 5.41) is 1.31. The van der Waals surface area contributed by atoms with E-state index in [1.165, 1.54) is 15.7 Å². The predicted molar refractivity (Wildman–Crippen MR) is 114 cm³/mol. The first-order valence-corrected chi connectivity index (χ1v) is 12.7. The molecule has 2 rings (SSSR count). The number of hydrogen-bond donors (Lipinski definition) is 0. The molecule has 0 N–H and O–H groups in total. The van der Waals surface area contributed by atoms with Crippen LogP contribution in [0, 0.1) is 5.92 Å². The molecule has 0 aliphatic heterocycles. The van der Waals surface area contributed by atoms with Crippen LogP contribution in [-0.4, -0.2) is 19.1 Å². The van der Waals surface area contributed by atoms with Gasteiger partial charge in [-0.2, -0.15) is 0 Å². The monoisotopic (exact) mass is 374 g/mol. The van der Waals surface area contributed by atoms with E-state index in [1.54, 1.807) is 11.8 Å². The molecule has 0 aromatic heterocycles. The van der Waals surface area contributed by atoms with Crippen LogP contribution < -0.4 is 0 Å². The Bertz CT molecular complexity index is 623. The first kappa shape index (κ1) is 20.5. The molecule has 2 atom stereocenters. The molecule has 0 amide bonds. The lowest BCUT2D eigenvalue weighted by Gasteiger charge is -2.44. The van der Waals surface area contributed by atoms with Crippen LogP contribution in [0.25, 0.3) is 0 Å². The summed E-state index contributed by atoms with van der Waals surface area (Å²) in [7, 11) is -1.90. The van der Waals surface area contributed by atoms with Crippen LogP contribution in [0.15, 0.2) is 46.0 Å². The average molecular weight is 375 g/mol. The molecule has 1 aliphatic carbocycles. The number of thioether (sulfide) groups is 1. The van der Waals surface area contributed by atoms with Crippen LogP contribution in [0.2, 0.25) is 16.6 Å². The second-order valence-corrected chi connectivity index (χ2v) is 15.5. The SMILES string of the molecule is CC1=C([Si](C(C)C)(C(C)C)C(C)C)C(=O)[C@@H](Sc2ccccc2)[C@@H]1C. The lowest BCUT2D eigenvalue weighted by atomic mass is 10.1. The van der Waals surface area contributed by atoms with E-state index in [2.05, 4.69) is 79.7 Å². The molecule has 138 valence electrons. The Hall–Kier alpha value is -0.803. The van der Waals surface area contributed by atoms with Gasteiger partial charge in [0.25, 0.3) is 0 Å². The van der Waals surface area contributed by atoms with E-state index in [0.717, 1.165) is 0 Å². The van der Waals surface area contributed by atoms with E-state index in [1.807, 2.05) is 6.07 Å². The van der Waals surface area contributed by atoms with Gasteiger partial charge in [-0.25, -0.2) is 0 Å². The number of hydrogen-bond acceptors (Lipinski definition) is 2. The highest BCUT2D eigenvalue weighted by atomic mass is 32.2. The van der Waals surface area contributed by atoms with Gasteiger partial charge in [0, 0.05) is 4.90 Å². The number of benzene rings is 1. The Morgan fingerprint density at radius 3 is 1.84 bits per heavy atom. The highest BCUT2D eigenvalue weighted by molar-refractivity contribution is 8.00. The summed E-state index contributed by atoms with van der Waals surface area (Å²) in [6.45, 7) is 18.6. The second-order valence-electron chi connectivity index (χ2n) is 8.46. The van der Waals surface area contributed by atoms with Gasteiger partial charge in [-0.1, -0.05) is 72.2 Å². The molecule has 3 heteroatoms. The normalized spacial score (nSPS) is 22.0. The van der Waals surface area contributed by atoms with Crippen molar-refractivity contribution in [1.82, 2.24) is 0 Å². The second kappa shape index (κ2) is 7.83. The van der Waals surface area contributed by atoms with Crippen molar-refractivity contribution in [3.05, 3.63) is 41.1 Å². The molecule has 0 fully saturated rings. The van der Waals surface area contributed by atoms with Gasteiger partial charge in [0.15, 0.2) is 5.78 Å². The predicted octanol–water partition coefficient (Wildman–Crippen LogP) is 6.90. The lowest BCUT2D eigenvalue weighted by molar-refractivity contribution is -0.114. The minimum Gasteiger partial charge on any atom is -0.294 e. The number of carbonyl (C=O) groups excluding carboxylic acids is 1. The smallest absolute Gasteiger partial charge is 0.168 e. The van der Waals surface area contributed by atoms with E-state index >= 15 is 0 Å². The van der Waals surface area contributed by atoms with Crippen molar-refractivity contribution in [2.24, 2.45) is 5.92 Å². The summed E-state index contributed by atoms with van der Waals surface area (Å²) in [4.78, 5) is 14.8. The van der Waals surface area contributed by atoms with Crippen molar-refractivity contribution in [3.8, 4) is 0 Å². The van der Waals surface area contributed by atoms with Crippen LogP contribution in [0.1, 0.15) is 55.4 Å². The fourth-order valence-electron chi connectivity index (χ4n) is 5.24. The molecule has 0 spiro atoms. The Morgan fingerprint density at radius 1 is 0.920 bits per heavy atom. The molecule has 0 heterocycles. The van der Waals surface area contributed by atoms with Gasteiger partial charge in [0.05, 0.1) is 13.3 Å². The third-order valence-corrected chi connectivity index (χ3v) is 15.0. The van der Waals surface area contributed by atoms with Gasteiger partial charge >= 0.3 is 0 Å². The van der Waals surface area contributed by atoms with Crippen LogP contribution >= 0.6 is 11.8 Å². The molecule has 0 unspecified atom stereocenters. The largest absolute Gasteiger partial charge is 0.294 e. The summed E-state index contributed by atoms with van der Waals surface area (Å²) in [6, 6.07) is 10.4. The fraction of sp³-hybridized carbons (Fsp3) is 0.591. The Labute approximate surface area is 159 Å².